The topological polar surface area (TPSA) is 170 Å². The zero-order valence-electron chi connectivity index (χ0n) is 55.9. The molecule has 0 saturated carbocycles. The van der Waals surface area contributed by atoms with Crippen molar-refractivity contribution in [2.24, 2.45) is 0 Å². The maximum Gasteiger partial charge on any atom is 0.344 e. The molecule has 14 bridgehead atoms. The van der Waals surface area contributed by atoms with E-state index in [1.165, 1.54) is 0 Å². The fourth-order valence-electron chi connectivity index (χ4n) is 11.4. The van der Waals surface area contributed by atoms with E-state index < -0.39 is 36.0 Å². The third kappa shape index (κ3) is 16.2. The molecule has 474 valence electrons. The van der Waals surface area contributed by atoms with Crippen LogP contribution in [0.25, 0.3) is 0 Å². The predicted molar refractivity (Wildman–Crippen MR) is 349 cm³/mol. The highest BCUT2D eigenvalue weighted by Crippen LogP contribution is 2.45. The predicted octanol–water partition coefficient (Wildman–Crippen LogP) is 15.0. The van der Waals surface area contributed by atoms with Gasteiger partial charge in [0.1, 0.15) is 47.7 Å². The minimum Gasteiger partial charge on any atom is -0.507 e. The molecule has 6 aromatic rings. The van der Waals surface area contributed by atoms with Crippen LogP contribution in [0.2, 0.25) is 0 Å². The first kappa shape index (κ1) is 66.9. The van der Waals surface area contributed by atoms with Crippen molar-refractivity contribution in [2.75, 3.05) is 52.9 Å². The van der Waals surface area contributed by atoms with Gasteiger partial charge in [0.15, 0.2) is 13.2 Å². The fourth-order valence-corrected chi connectivity index (χ4v) is 11.4. The average Bonchev–Trinajstić information content (AvgIpc) is 0.911. The lowest BCUT2D eigenvalue weighted by atomic mass is 9.79. The van der Waals surface area contributed by atoms with Crippen molar-refractivity contribution >= 4 is 11.9 Å². The largest absolute Gasteiger partial charge is 0.507 e. The molecule has 88 heavy (non-hydrogen) atoms. The molecule has 0 saturated heterocycles. The van der Waals surface area contributed by atoms with Crippen LogP contribution in [0.4, 0.5) is 0 Å². The second kappa shape index (κ2) is 25.8. The van der Waals surface area contributed by atoms with E-state index in [1.807, 2.05) is 48.5 Å². The van der Waals surface area contributed by atoms with Crippen molar-refractivity contribution < 1.29 is 58.4 Å². The molecule has 0 atom stereocenters. The third-order valence-corrected chi connectivity index (χ3v) is 17.1. The minimum absolute atomic E-state index is 0.0133. The van der Waals surface area contributed by atoms with Crippen LogP contribution >= 0.6 is 0 Å². The van der Waals surface area contributed by atoms with Gasteiger partial charge in [-0.3, -0.25) is 0 Å². The highest BCUT2D eigenvalue weighted by atomic mass is 16.6. The van der Waals surface area contributed by atoms with Crippen LogP contribution < -0.4 is 9.47 Å². The quantitative estimate of drug-likeness (QED) is 0.106. The number of aromatic hydroxyl groups is 4. The van der Waals surface area contributed by atoms with Gasteiger partial charge < -0.3 is 48.8 Å². The molecular formula is C76H98O12. The van der Waals surface area contributed by atoms with Gasteiger partial charge in [-0.05, 0) is 133 Å². The summed E-state index contributed by atoms with van der Waals surface area (Å²) in [6.45, 7) is 38.4. The van der Waals surface area contributed by atoms with Crippen LogP contribution in [-0.2, 0) is 99.6 Å². The number of esters is 2. The Morgan fingerprint density at radius 3 is 0.636 bits per heavy atom. The molecule has 1 heterocycles. The Kier molecular flexibility index (Phi) is 19.6. The van der Waals surface area contributed by atoms with Gasteiger partial charge in [0.2, 0.25) is 0 Å². The van der Waals surface area contributed by atoms with Crippen molar-refractivity contribution in [3.05, 3.63) is 173 Å². The third-order valence-electron chi connectivity index (χ3n) is 17.1. The Labute approximate surface area is 523 Å². The highest BCUT2D eigenvalue weighted by molar-refractivity contribution is 5.72. The molecule has 12 heteroatoms. The second-order valence-electron chi connectivity index (χ2n) is 30.6. The molecule has 4 N–H and O–H groups in total. The number of benzene rings is 6. The monoisotopic (exact) mass is 1200 g/mol. The number of phenols is 4. The Bertz CT molecular complexity index is 3330. The maximum atomic E-state index is 13.8. The number of carbonyl (C=O) groups excluding carboxylic acids is 2. The summed E-state index contributed by atoms with van der Waals surface area (Å²) in [6, 6.07) is 24.7. The van der Waals surface area contributed by atoms with Gasteiger partial charge >= 0.3 is 11.9 Å². The lowest BCUT2D eigenvalue weighted by Gasteiger charge is -2.28. The van der Waals surface area contributed by atoms with Gasteiger partial charge in [0.25, 0.3) is 0 Å². The number of hydrogen-bond donors (Lipinski definition) is 4. The molecule has 6 aromatic carbocycles. The first-order valence-electron chi connectivity index (χ1n) is 31.3. The summed E-state index contributed by atoms with van der Waals surface area (Å²) >= 11 is 0. The number of rotatable bonds is 0. The number of hydrogen-bond acceptors (Lipinski definition) is 12. The van der Waals surface area contributed by atoms with Crippen molar-refractivity contribution in [1.29, 1.82) is 0 Å². The minimum atomic E-state index is -0.593. The van der Waals surface area contributed by atoms with E-state index in [2.05, 4.69) is 149 Å². The first-order chi connectivity index (χ1) is 40.8. The van der Waals surface area contributed by atoms with Crippen molar-refractivity contribution in [2.45, 2.75) is 196 Å². The molecule has 0 amide bonds. The molecule has 1 aliphatic heterocycles. The smallest absolute Gasteiger partial charge is 0.344 e. The van der Waals surface area contributed by atoms with Crippen LogP contribution in [0, 0.1) is 0 Å². The van der Waals surface area contributed by atoms with E-state index in [4.69, 9.17) is 28.4 Å². The lowest BCUT2D eigenvalue weighted by Crippen LogP contribution is -2.20. The average molecular weight is 1200 g/mol. The summed E-state index contributed by atoms with van der Waals surface area (Å²) < 4.78 is 36.4. The summed E-state index contributed by atoms with van der Waals surface area (Å²) in [7, 11) is 0. The molecule has 0 fully saturated rings. The summed E-state index contributed by atoms with van der Waals surface area (Å²) in [5, 5.41) is 51.2. The Balaban J connectivity index is 1.49. The zero-order valence-corrected chi connectivity index (χ0v) is 55.9. The number of carbonyl (C=O) groups is 2. The van der Waals surface area contributed by atoms with Crippen molar-refractivity contribution in [1.82, 2.24) is 0 Å². The van der Waals surface area contributed by atoms with E-state index in [0.29, 0.717) is 67.1 Å². The molecule has 12 nitrogen and oxygen atoms in total. The molecule has 0 aromatic heterocycles. The molecule has 8 rings (SSSR count). The molecule has 0 radical (unpaired) electrons. The second-order valence-corrected chi connectivity index (χ2v) is 30.6. The number of cyclic esters (lactones) is 2. The van der Waals surface area contributed by atoms with E-state index in [9.17, 15) is 30.0 Å². The van der Waals surface area contributed by atoms with Gasteiger partial charge in [-0.25, -0.2) is 9.59 Å². The normalized spacial score (nSPS) is 15.9. The summed E-state index contributed by atoms with van der Waals surface area (Å²) in [4.78, 5) is 27.6. The van der Waals surface area contributed by atoms with E-state index >= 15 is 0 Å². The highest BCUT2D eigenvalue weighted by Gasteiger charge is 2.31. The van der Waals surface area contributed by atoms with Gasteiger partial charge in [0, 0.05) is 38.5 Å². The molecule has 0 unspecified atom stereocenters. The van der Waals surface area contributed by atoms with Crippen LogP contribution in [0.1, 0.15) is 225 Å². The van der Waals surface area contributed by atoms with E-state index in [0.717, 1.165) is 44.5 Å². The van der Waals surface area contributed by atoms with Crippen LogP contribution in [0.5, 0.6) is 34.5 Å². The van der Waals surface area contributed by atoms with E-state index in [-0.39, 0.29) is 123 Å². The molecule has 1 aliphatic carbocycles. The maximum absolute atomic E-state index is 13.8. The van der Waals surface area contributed by atoms with Gasteiger partial charge in [-0.15, -0.1) is 0 Å². The van der Waals surface area contributed by atoms with Crippen LogP contribution in [-0.4, -0.2) is 85.2 Å². The molecule has 2 aliphatic rings. The molecule has 0 spiro atoms. The van der Waals surface area contributed by atoms with Gasteiger partial charge in [-0.1, -0.05) is 197 Å². The SMILES string of the molecule is CC(C)(C)c1cc2c(O)c(c1)Cc1cc(C(C)(C)C)cc(c1O)Cc1cc(C(C)(C)C)cc3c1OCC(=O)OCCOCCOCCOC(=O)COc1c(cc(C(C)(C)C)cc1C3)Cc1cc(C(C)(C)C)cc(c1O)Cc1cc(C(C)(C)C)cc(c1O)C2. The number of phenolic OH excluding ortho intramolecular Hbond substituents is 4. The Morgan fingerprint density at radius 1 is 0.261 bits per heavy atom. The number of fused-ring (bicyclic) bond motifs is 8. The van der Waals surface area contributed by atoms with E-state index in [1.54, 1.807) is 0 Å². The Morgan fingerprint density at radius 2 is 0.432 bits per heavy atom. The summed E-state index contributed by atoms with van der Waals surface area (Å²) in [5.74, 6) is -0.0424. The summed E-state index contributed by atoms with van der Waals surface area (Å²) in [5.41, 5.74) is 11.4. The summed E-state index contributed by atoms with van der Waals surface area (Å²) in [6.07, 6.45) is 1.10. The Hall–Kier alpha value is -7.02. The standard InChI is InChI=1S/C76H98O12/c1-71(2,3)57-31-45-25-46-32-58(72(4,5)6)34-48(66(46)80)27-50-36-60(74(10,11)12)38-52(68(50)82)29-54-40-62(76(16,17)18)42-56-30-55-41-61(75(13,14)15)39-53(28-51-37-59(73(7,8)9)35-49(67(51)81)26-47(33-57)65(45)79)69(55)87-43-63(77)85-23-21-83-19-20-84-22-24-86-64(78)44-88-70(54)56/h31-42,79-82H,19-30,43-44H2,1-18H3. The van der Waals surface area contributed by atoms with Crippen molar-refractivity contribution in [3.8, 4) is 34.5 Å². The fraction of sp³-hybridized carbons (Fsp3) is 0.500. The van der Waals surface area contributed by atoms with Gasteiger partial charge in [-0.2, -0.15) is 0 Å². The van der Waals surface area contributed by atoms with Crippen LogP contribution in [0.3, 0.4) is 0 Å². The number of ether oxygens (including phenoxy) is 6. The van der Waals surface area contributed by atoms with Crippen LogP contribution in [0.15, 0.2) is 72.8 Å². The van der Waals surface area contributed by atoms with Crippen molar-refractivity contribution in [3.63, 3.8) is 0 Å². The zero-order chi connectivity index (χ0) is 64.6. The van der Waals surface area contributed by atoms with Gasteiger partial charge in [0.05, 0.1) is 26.4 Å². The lowest BCUT2D eigenvalue weighted by molar-refractivity contribution is -0.149. The molecular weight excluding hydrogens is 1100 g/mol. The first-order valence-corrected chi connectivity index (χ1v) is 31.3.